The normalized spacial score (nSPS) is 9.71. The molecule has 0 atom stereocenters. The molecule has 1 aliphatic rings. The van der Waals surface area contributed by atoms with Crippen LogP contribution in [0.5, 0.6) is 0 Å². The lowest BCUT2D eigenvalue weighted by Crippen LogP contribution is -2.01. The standard InChI is InChI=1S/C7H2/c1-2-4-7-5-6(7)3-1/h1,3H. The van der Waals surface area contributed by atoms with E-state index in [1.165, 1.54) is 5.22 Å². The van der Waals surface area contributed by atoms with Gasteiger partial charge in [-0.3, -0.25) is 0 Å². The Balaban J connectivity index is 3.03. The van der Waals surface area contributed by atoms with E-state index in [4.69, 9.17) is 0 Å². The summed E-state index contributed by atoms with van der Waals surface area (Å²) in [7, 11) is 0. The van der Waals surface area contributed by atoms with E-state index < -0.39 is 0 Å². The third kappa shape index (κ3) is 0.274. The molecule has 0 radical (unpaired) electrons. The van der Waals surface area contributed by atoms with Gasteiger partial charge in [-0.15, -0.1) is 0 Å². The van der Waals surface area contributed by atoms with Gasteiger partial charge in [0.1, 0.15) is 0 Å². The maximum atomic E-state index is 3.00. The summed E-state index contributed by atoms with van der Waals surface area (Å²) in [5.41, 5.74) is 3.00. The van der Waals surface area contributed by atoms with Crippen molar-refractivity contribution in [2.75, 3.05) is 0 Å². The molecule has 0 spiro atoms. The highest BCUT2D eigenvalue weighted by molar-refractivity contribution is 5.34. The van der Waals surface area contributed by atoms with Gasteiger partial charge in [0.2, 0.25) is 0 Å². The van der Waals surface area contributed by atoms with Gasteiger partial charge in [-0.05, 0) is 12.1 Å². The number of rotatable bonds is 0. The van der Waals surface area contributed by atoms with Crippen LogP contribution in [0.25, 0.3) is 5.73 Å². The molecule has 1 aliphatic carbocycles. The Morgan fingerprint density at radius 1 is 1.43 bits per heavy atom. The zero-order chi connectivity index (χ0) is 4.69. The molecule has 0 amide bonds. The summed E-state index contributed by atoms with van der Waals surface area (Å²) in [6.07, 6.45) is 0. The van der Waals surface area contributed by atoms with Crippen molar-refractivity contribution in [1.82, 2.24) is 0 Å². The lowest BCUT2D eigenvalue weighted by Gasteiger charge is -1.57. The van der Waals surface area contributed by atoms with Gasteiger partial charge in [-0.1, -0.05) is 17.9 Å². The van der Waals surface area contributed by atoms with Gasteiger partial charge < -0.3 is 0 Å². The molecular weight excluding hydrogens is 84.1 g/mol. The van der Waals surface area contributed by atoms with Crippen LogP contribution in [0.3, 0.4) is 0 Å². The van der Waals surface area contributed by atoms with Crippen molar-refractivity contribution >= 4 is 5.73 Å². The Bertz CT molecular complexity index is 274. The van der Waals surface area contributed by atoms with Crippen molar-refractivity contribution in [3.8, 4) is 0 Å². The molecular formula is C7H2. The quantitative estimate of drug-likeness (QED) is 0.399. The Hall–Kier alpha value is -1.18. The topological polar surface area (TPSA) is 0 Å². The van der Waals surface area contributed by atoms with E-state index in [-0.39, 0.29) is 0 Å². The van der Waals surface area contributed by atoms with Crippen LogP contribution >= 0.6 is 0 Å². The second kappa shape index (κ2) is 0.729. The first kappa shape index (κ1) is 2.91. The molecule has 1 aromatic carbocycles. The van der Waals surface area contributed by atoms with E-state index in [0.29, 0.717) is 0 Å². The van der Waals surface area contributed by atoms with Gasteiger partial charge in [-0.2, -0.15) is 0 Å². The van der Waals surface area contributed by atoms with Gasteiger partial charge in [0.15, 0.2) is 0 Å². The molecule has 0 fully saturated rings. The first-order valence-corrected chi connectivity index (χ1v) is 2.16. The van der Waals surface area contributed by atoms with Crippen LogP contribution in [0, 0.1) is 12.1 Å². The van der Waals surface area contributed by atoms with Crippen molar-refractivity contribution in [2.45, 2.75) is 0 Å². The molecule has 0 heteroatoms. The predicted octanol–water partition coefficient (Wildman–Crippen LogP) is -0.648. The summed E-state index contributed by atoms with van der Waals surface area (Å²) in [5.74, 6) is 0. The largest absolute Gasteiger partial charge is 0.0925 e. The Labute approximate surface area is 41.4 Å². The van der Waals surface area contributed by atoms with Crippen LogP contribution in [-0.2, 0) is 0 Å². The molecule has 0 heterocycles. The molecule has 0 saturated heterocycles. The fraction of sp³-hybridized carbons (Fsp3) is 0. The van der Waals surface area contributed by atoms with E-state index >= 15 is 0 Å². The minimum atomic E-state index is 1.10. The highest BCUT2D eigenvalue weighted by Crippen LogP contribution is 1.63. The van der Waals surface area contributed by atoms with E-state index in [1.54, 1.807) is 0 Å². The Morgan fingerprint density at radius 2 is 2.43 bits per heavy atom. The third-order valence-corrected chi connectivity index (χ3v) is 0.997. The molecule has 0 N–H and O–H groups in total. The second-order valence-electron chi connectivity index (χ2n) is 1.52. The minimum Gasteiger partial charge on any atom is -0.0925 e. The highest BCUT2D eigenvalue weighted by Gasteiger charge is 1.86. The van der Waals surface area contributed by atoms with Crippen LogP contribution in [0.15, 0.2) is 12.1 Å². The SMILES string of the molecule is C1=c2c#cccc2=1. The van der Waals surface area contributed by atoms with Crippen molar-refractivity contribution in [3.63, 3.8) is 0 Å². The van der Waals surface area contributed by atoms with Crippen LogP contribution in [0.4, 0.5) is 0 Å². The van der Waals surface area contributed by atoms with E-state index in [1.807, 2.05) is 12.1 Å². The first-order chi connectivity index (χ1) is 3.47. The molecule has 30 valence electrons. The minimum absolute atomic E-state index is 1.10. The monoisotopic (exact) mass is 86.0 g/mol. The maximum Gasteiger partial charge on any atom is 0.0824 e. The van der Waals surface area contributed by atoms with Gasteiger partial charge in [0.05, 0.1) is 5.22 Å². The molecule has 7 heavy (non-hydrogen) atoms. The molecule has 0 nitrogen and oxygen atoms in total. The van der Waals surface area contributed by atoms with E-state index in [2.05, 4.69) is 17.9 Å². The fourth-order valence-electron chi connectivity index (χ4n) is 0.566. The van der Waals surface area contributed by atoms with Crippen LogP contribution < -0.4 is 10.4 Å². The van der Waals surface area contributed by atoms with Crippen molar-refractivity contribution in [3.05, 3.63) is 34.7 Å². The Kier molecular flexibility index (Phi) is 0.303. The molecule has 0 saturated carbocycles. The Morgan fingerprint density at radius 3 is 3.00 bits per heavy atom. The summed E-state index contributed by atoms with van der Waals surface area (Å²) in [4.78, 5) is 0. The summed E-state index contributed by atoms with van der Waals surface area (Å²) in [6, 6.07) is 9.54. The van der Waals surface area contributed by atoms with E-state index in [0.717, 1.165) is 5.22 Å². The maximum absolute atomic E-state index is 3.00. The fourth-order valence-corrected chi connectivity index (χ4v) is 0.566. The first-order valence-electron chi connectivity index (χ1n) is 2.16. The predicted molar refractivity (Wildman–Crippen MR) is 25.9 cm³/mol. The third-order valence-electron chi connectivity index (χ3n) is 0.997. The second-order valence-corrected chi connectivity index (χ2v) is 1.52. The van der Waals surface area contributed by atoms with Crippen LogP contribution in [0.2, 0.25) is 0 Å². The van der Waals surface area contributed by atoms with Crippen LogP contribution in [0.1, 0.15) is 0 Å². The summed E-state index contributed by atoms with van der Waals surface area (Å²) in [5, 5.41) is 2.29. The summed E-state index contributed by atoms with van der Waals surface area (Å²) < 4.78 is 0. The summed E-state index contributed by atoms with van der Waals surface area (Å²) in [6.45, 7) is 0. The number of fused-ring (bicyclic) bond motifs is 1. The van der Waals surface area contributed by atoms with Crippen LogP contribution in [-0.4, -0.2) is 0 Å². The molecule has 0 bridgehead atoms. The lowest BCUT2D eigenvalue weighted by atomic mass is 10.4. The lowest BCUT2D eigenvalue weighted by molar-refractivity contribution is 1.67. The molecule has 1 aromatic rings. The number of hydrogen-bond donors (Lipinski definition) is 0. The average Bonchev–Trinajstić information content (AvgIpc) is 2.41. The van der Waals surface area contributed by atoms with Crippen molar-refractivity contribution < 1.29 is 0 Å². The van der Waals surface area contributed by atoms with Crippen molar-refractivity contribution in [2.24, 2.45) is 0 Å². The molecule has 2 rings (SSSR count). The van der Waals surface area contributed by atoms with Crippen molar-refractivity contribution in [1.29, 1.82) is 0 Å². The molecule has 0 aromatic heterocycles. The highest BCUT2D eigenvalue weighted by atomic mass is 13.9. The molecule has 0 unspecified atom stereocenters. The zero-order valence-electron chi connectivity index (χ0n) is 3.65. The molecule has 0 aliphatic heterocycles. The zero-order valence-corrected chi connectivity index (χ0v) is 3.65. The van der Waals surface area contributed by atoms with Gasteiger partial charge in [-0.25, -0.2) is 0 Å². The van der Waals surface area contributed by atoms with E-state index in [9.17, 15) is 0 Å². The van der Waals surface area contributed by atoms with Gasteiger partial charge in [0.25, 0.3) is 0 Å². The van der Waals surface area contributed by atoms with Gasteiger partial charge in [0, 0.05) is 5.22 Å². The average molecular weight is 86.1 g/mol. The summed E-state index contributed by atoms with van der Waals surface area (Å²) >= 11 is 0. The number of hydrogen-bond acceptors (Lipinski definition) is 0. The van der Waals surface area contributed by atoms with Gasteiger partial charge >= 0.3 is 0 Å². The smallest absolute Gasteiger partial charge is 0.0824 e.